The third-order valence-electron chi connectivity index (χ3n) is 5.02. The Morgan fingerprint density at radius 2 is 1.78 bits per heavy atom. The van der Waals surface area contributed by atoms with Gasteiger partial charge in [-0.3, -0.25) is 24.1 Å². The average molecular weight is 458 g/mol. The van der Waals surface area contributed by atoms with Crippen molar-refractivity contribution in [3.05, 3.63) is 12.2 Å². The fraction of sp³-hybridized carbons (Fsp3) is 0.700. The van der Waals surface area contributed by atoms with Gasteiger partial charge in [0.05, 0.1) is 19.8 Å². The molecule has 2 rings (SSSR count). The van der Waals surface area contributed by atoms with Crippen LogP contribution in [0.2, 0.25) is 0 Å². The molecule has 2 heterocycles. The summed E-state index contributed by atoms with van der Waals surface area (Å²) in [5.74, 6) is -1.37. The van der Waals surface area contributed by atoms with Crippen molar-refractivity contribution in [2.45, 2.75) is 56.8 Å². The fourth-order valence-corrected chi connectivity index (χ4v) is 3.32. The Morgan fingerprint density at radius 1 is 1.09 bits per heavy atom. The van der Waals surface area contributed by atoms with Crippen LogP contribution in [-0.4, -0.2) is 107 Å². The van der Waals surface area contributed by atoms with E-state index in [4.69, 9.17) is 14.2 Å². The SMILES string of the molecule is CC(=O)NC1C(OCCOCCCC(=O)CCN2C(=O)C=CC2=O)OC(CO)C(O)C1O. The van der Waals surface area contributed by atoms with Crippen LogP contribution >= 0.6 is 0 Å². The number of carbonyl (C=O) groups is 4. The number of hydrogen-bond donors (Lipinski definition) is 4. The third kappa shape index (κ3) is 7.43. The summed E-state index contributed by atoms with van der Waals surface area (Å²) in [5.41, 5.74) is 0. The number of nitrogens with zero attached hydrogens (tertiary/aromatic N) is 1. The van der Waals surface area contributed by atoms with Gasteiger partial charge in [-0.2, -0.15) is 0 Å². The lowest BCUT2D eigenvalue weighted by atomic mass is 9.97. The van der Waals surface area contributed by atoms with E-state index in [9.17, 15) is 34.5 Å². The molecule has 0 bridgehead atoms. The number of rotatable bonds is 13. The first kappa shape index (κ1) is 26.0. The van der Waals surface area contributed by atoms with E-state index in [1.165, 1.54) is 19.1 Å². The number of aliphatic hydroxyl groups is 3. The number of ether oxygens (including phenoxy) is 3. The molecule has 0 aliphatic carbocycles. The van der Waals surface area contributed by atoms with Crippen molar-refractivity contribution in [3.63, 3.8) is 0 Å². The van der Waals surface area contributed by atoms with E-state index in [1.807, 2.05) is 0 Å². The zero-order valence-electron chi connectivity index (χ0n) is 17.8. The van der Waals surface area contributed by atoms with Crippen molar-refractivity contribution in [2.24, 2.45) is 0 Å². The molecule has 0 radical (unpaired) electrons. The number of amides is 3. The van der Waals surface area contributed by atoms with E-state index in [-0.39, 0.29) is 45.0 Å². The molecule has 32 heavy (non-hydrogen) atoms. The van der Waals surface area contributed by atoms with Crippen molar-refractivity contribution in [1.29, 1.82) is 0 Å². The van der Waals surface area contributed by atoms with Gasteiger partial charge in [0.2, 0.25) is 5.91 Å². The highest BCUT2D eigenvalue weighted by Crippen LogP contribution is 2.22. The van der Waals surface area contributed by atoms with Crippen molar-refractivity contribution in [2.75, 3.05) is 33.0 Å². The third-order valence-corrected chi connectivity index (χ3v) is 5.02. The molecule has 12 nitrogen and oxygen atoms in total. The molecule has 1 saturated heterocycles. The van der Waals surface area contributed by atoms with Gasteiger partial charge < -0.3 is 34.8 Å². The van der Waals surface area contributed by atoms with E-state index in [2.05, 4.69) is 5.32 Å². The molecule has 2 aliphatic heterocycles. The minimum atomic E-state index is -1.39. The van der Waals surface area contributed by atoms with Crippen LogP contribution in [0.4, 0.5) is 0 Å². The van der Waals surface area contributed by atoms with E-state index in [0.717, 1.165) is 4.90 Å². The Hall–Kier alpha value is -2.22. The second-order valence-electron chi connectivity index (χ2n) is 7.47. The molecule has 4 N–H and O–H groups in total. The van der Waals surface area contributed by atoms with Crippen LogP contribution in [0.3, 0.4) is 0 Å². The van der Waals surface area contributed by atoms with Crippen LogP contribution < -0.4 is 5.32 Å². The number of nitrogens with one attached hydrogen (secondary N) is 1. The smallest absolute Gasteiger partial charge is 0.253 e. The molecule has 0 saturated carbocycles. The minimum absolute atomic E-state index is 0.0435. The Bertz CT molecular complexity index is 694. The quantitative estimate of drug-likeness (QED) is 0.173. The Morgan fingerprint density at radius 3 is 2.41 bits per heavy atom. The van der Waals surface area contributed by atoms with Crippen LogP contribution in [0.25, 0.3) is 0 Å². The molecule has 12 heteroatoms. The number of Topliss-reactive ketones (excluding diaryl/α,β-unsaturated/α-hetero) is 1. The highest BCUT2D eigenvalue weighted by atomic mass is 16.7. The van der Waals surface area contributed by atoms with Gasteiger partial charge in [0.1, 0.15) is 30.1 Å². The van der Waals surface area contributed by atoms with Crippen molar-refractivity contribution < 1.29 is 48.7 Å². The molecule has 3 amide bonds. The van der Waals surface area contributed by atoms with Crippen LogP contribution in [-0.2, 0) is 33.4 Å². The van der Waals surface area contributed by atoms with E-state index >= 15 is 0 Å². The van der Waals surface area contributed by atoms with Gasteiger partial charge in [-0.05, 0) is 6.42 Å². The second kappa shape index (κ2) is 12.7. The first-order chi connectivity index (χ1) is 15.2. The molecule has 0 aromatic carbocycles. The molecule has 5 unspecified atom stereocenters. The summed E-state index contributed by atoms with van der Waals surface area (Å²) in [6.45, 7) is 1.24. The number of aliphatic hydroxyl groups excluding tert-OH is 3. The maximum absolute atomic E-state index is 11.9. The van der Waals surface area contributed by atoms with Crippen molar-refractivity contribution in [1.82, 2.24) is 10.2 Å². The number of imide groups is 1. The second-order valence-corrected chi connectivity index (χ2v) is 7.47. The number of ketones is 1. The van der Waals surface area contributed by atoms with Gasteiger partial charge in [-0.15, -0.1) is 0 Å². The summed E-state index contributed by atoms with van der Waals surface area (Å²) in [6.07, 6.45) is -1.80. The summed E-state index contributed by atoms with van der Waals surface area (Å²) in [7, 11) is 0. The first-order valence-corrected chi connectivity index (χ1v) is 10.4. The molecule has 2 aliphatic rings. The standard InChI is InChI=1S/C20H30N2O10/c1-12(24)21-17-19(29)18(28)14(11-23)32-20(17)31-10-9-30-8-2-3-13(25)6-7-22-15(26)4-5-16(22)27/h4-5,14,17-20,23,28-29H,2-3,6-11H2,1H3,(H,21,24). The molecule has 180 valence electrons. The lowest BCUT2D eigenvalue weighted by molar-refractivity contribution is -0.272. The predicted octanol–water partition coefficient (Wildman–Crippen LogP) is -2.37. The maximum Gasteiger partial charge on any atom is 0.253 e. The monoisotopic (exact) mass is 458 g/mol. The Balaban J connectivity index is 1.61. The summed E-state index contributed by atoms with van der Waals surface area (Å²) < 4.78 is 16.3. The predicted molar refractivity (Wildman–Crippen MR) is 107 cm³/mol. The topological polar surface area (TPSA) is 172 Å². The molecule has 0 spiro atoms. The van der Waals surface area contributed by atoms with Crippen LogP contribution in [0.5, 0.6) is 0 Å². The summed E-state index contributed by atoms with van der Waals surface area (Å²) in [6, 6.07) is -1.02. The van der Waals surface area contributed by atoms with E-state index < -0.39 is 55.0 Å². The molecule has 0 aromatic rings. The Labute approximate surface area is 185 Å². The molecule has 5 atom stereocenters. The number of carbonyl (C=O) groups excluding carboxylic acids is 4. The summed E-state index contributed by atoms with van der Waals surface area (Å²) in [5, 5.41) is 31.9. The Kier molecular flexibility index (Phi) is 10.4. The molecular formula is C20H30N2O10. The maximum atomic E-state index is 11.9. The van der Waals surface area contributed by atoms with Crippen LogP contribution in [0, 0.1) is 0 Å². The highest BCUT2D eigenvalue weighted by Gasteiger charge is 2.45. The zero-order valence-corrected chi connectivity index (χ0v) is 17.8. The normalized spacial score (nSPS) is 27.8. The highest BCUT2D eigenvalue weighted by molar-refractivity contribution is 6.13. The lowest BCUT2D eigenvalue weighted by Gasteiger charge is -2.42. The van der Waals surface area contributed by atoms with Crippen molar-refractivity contribution >= 4 is 23.5 Å². The van der Waals surface area contributed by atoms with E-state index in [0.29, 0.717) is 6.42 Å². The average Bonchev–Trinajstić information content (AvgIpc) is 3.07. The van der Waals surface area contributed by atoms with Gasteiger partial charge in [0, 0.05) is 45.1 Å². The van der Waals surface area contributed by atoms with Crippen LogP contribution in [0.15, 0.2) is 12.2 Å². The minimum Gasteiger partial charge on any atom is -0.394 e. The molecular weight excluding hydrogens is 428 g/mol. The largest absolute Gasteiger partial charge is 0.394 e. The van der Waals surface area contributed by atoms with Gasteiger partial charge >= 0.3 is 0 Å². The fourth-order valence-electron chi connectivity index (χ4n) is 3.32. The molecule has 1 fully saturated rings. The van der Waals surface area contributed by atoms with E-state index in [1.54, 1.807) is 0 Å². The van der Waals surface area contributed by atoms with Gasteiger partial charge in [-0.1, -0.05) is 0 Å². The lowest BCUT2D eigenvalue weighted by Crippen LogP contribution is -2.64. The van der Waals surface area contributed by atoms with Crippen molar-refractivity contribution in [3.8, 4) is 0 Å². The van der Waals surface area contributed by atoms with Gasteiger partial charge in [-0.25, -0.2) is 0 Å². The van der Waals surface area contributed by atoms with Gasteiger partial charge in [0.25, 0.3) is 11.8 Å². The molecule has 0 aromatic heterocycles. The first-order valence-electron chi connectivity index (χ1n) is 10.4. The van der Waals surface area contributed by atoms with Gasteiger partial charge in [0.15, 0.2) is 6.29 Å². The summed E-state index contributed by atoms with van der Waals surface area (Å²) >= 11 is 0. The summed E-state index contributed by atoms with van der Waals surface area (Å²) in [4.78, 5) is 47.1. The van der Waals surface area contributed by atoms with Crippen LogP contribution in [0.1, 0.15) is 26.2 Å². The zero-order chi connectivity index (χ0) is 23.7. The number of hydrogen-bond acceptors (Lipinski definition) is 10.